The first kappa shape index (κ1) is 17.0. The Kier molecular flexibility index (Phi) is 6.10. The van der Waals surface area contributed by atoms with Gasteiger partial charge in [-0.2, -0.15) is 5.10 Å². The van der Waals surface area contributed by atoms with E-state index < -0.39 is 6.10 Å². The Bertz CT molecular complexity index is 598. The smallest absolute Gasteiger partial charge is 0.219 e. The average molecular weight is 318 g/mol. The molecule has 23 heavy (non-hydrogen) atoms. The highest BCUT2D eigenvalue weighted by molar-refractivity contribution is 5.72. The molecule has 0 fully saturated rings. The summed E-state index contributed by atoms with van der Waals surface area (Å²) in [5, 5.41) is 14.1. The zero-order chi connectivity index (χ0) is 16.7. The second kappa shape index (κ2) is 8.28. The quantitative estimate of drug-likeness (QED) is 0.741. The van der Waals surface area contributed by atoms with E-state index in [1.807, 2.05) is 24.3 Å². The summed E-state index contributed by atoms with van der Waals surface area (Å²) in [5.41, 5.74) is 0.757. The highest BCUT2D eigenvalue weighted by atomic mass is 16.5. The molecule has 7 heteroatoms. The van der Waals surface area contributed by atoms with E-state index in [-0.39, 0.29) is 12.5 Å². The van der Waals surface area contributed by atoms with Crippen LogP contribution in [0.5, 0.6) is 5.75 Å². The van der Waals surface area contributed by atoms with E-state index in [2.05, 4.69) is 10.1 Å². The van der Waals surface area contributed by atoms with E-state index in [9.17, 15) is 9.90 Å². The summed E-state index contributed by atoms with van der Waals surface area (Å²) in [7, 11) is 1.66. The summed E-state index contributed by atoms with van der Waals surface area (Å²) in [6.45, 7) is 3.08. The molecule has 0 bridgehead atoms. The fourth-order valence-corrected chi connectivity index (χ4v) is 2.04. The van der Waals surface area contributed by atoms with Gasteiger partial charge < -0.3 is 14.7 Å². The Morgan fingerprint density at radius 3 is 2.74 bits per heavy atom. The van der Waals surface area contributed by atoms with E-state index in [1.54, 1.807) is 18.1 Å². The Morgan fingerprint density at radius 2 is 2.13 bits per heavy atom. The lowest BCUT2D eigenvalue weighted by molar-refractivity contribution is -0.128. The molecule has 0 aliphatic carbocycles. The van der Waals surface area contributed by atoms with Crippen LogP contribution in [-0.2, 0) is 11.3 Å². The zero-order valence-electron chi connectivity index (χ0n) is 13.4. The summed E-state index contributed by atoms with van der Waals surface area (Å²) in [6.07, 6.45) is 3.31. The molecule has 1 amide bonds. The van der Waals surface area contributed by atoms with Gasteiger partial charge in [0, 0.05) is 26.9 Å². The van der Waals surface area contributed by atoms with Gasteiger partial charge in [-0.1, -0.05) is 12.1 Å². The maximum Gasteiger partial charge on any atom is 0.219 e. The number of benzene rings is 1. The van der Waals surface area contributed by atoms with Crippen LogP contribution >= 0.6 is 0 Å². The Labute approximate surface area is 135 Å². The third-order valence-electron chi connectivity index (χ3n) is 3.52. The predicted molar refractivity (Wildman–Crippen MR) is 84.8 cm³/mol. The van der Waals surface area contributed by atoms with Crippen LogP contribution in [0.4, 0.5) is 0 Å². The fourth-order valence-electron chi connectivity index (χ4n) is 2.04. The van der Waals surface area contributed by atoms with Gasteiger partial charge in [-0.05, 0) is 17.7 Å². The van der Waals surface area contributed by atoms with Gasteiger partial charge in [0.05, 0.1) is 19.3 Å². The topological polar surface area (TPSA) is 80.5 Å². The van der Waals surface area contributed by atoms with Gasteiger partial charge in [-0.25, -0.2) is 4.98 Å². The molecule has 2 aromatic rings. The van der Waals surface area contributed by atoms with Gasteiger partial charge in [-0.3, -0.25) is 9.48 Å². The second-order valence-corrected chi connectivity index (χ2v) is 5.34. The summed E-state index contributed by atoms with van der Waals surface area (Å²) in [4.78, 5) is 16.5. The first-order chi connectivity index (χ1) is 11.1. The lowest BCUT2D eigenvalue weighted by Gasteiger charge is -2.19. The number of hydrogen-bond donors (Lipinski definition) is 1. The third-order valence-corrected chi connectivity index (χ3v) is 3.52. The molecule has 1 heterocycles. The molecule has 0 saturated heterocycles. The third kappa shape index (κ3) is 5.37. The Hall–Kier alpha value is -2.41. The van der Waals surface area contributed by atoms with Gasteiger partial charge in [0.25, 0.3) is 0 Å². The van der Waals surface area contributed by atoms with Gasteiger partial charge in [-0.15, -0.1) is 0 Å². The summed E-state index contributed by atoms with van der Waals surface area (Å²) >= 11 is 0. The van der Waals surface area contributed by atoms with E-state index in [1.165, 1.54) is 18.2 Å². The zero-order valence-corrected chi connectivity index (χ0v) is 13.4. The molecule has 0 aliphatic heterocycles. The van der Waals surface area contributed by atoms with E-state index in [0.717, 1.165) is 24.3 Å². The van der Waals surface area contributed by atoms with Crippen molar-refractivity contribution in [2.45, 2.75) is 26.0 Å². The van der Waals surface area contributed by atoms with Crippen LogP contribution in [-0.4, -0.2) is 50.9 Å². The monoisotopic (exact) mass is 318 g/mol. The van der Waals surface area contributed by atoms with Crippen molar-refractivity contribution >= 4 is 5.91 Å². The molecule has 1 aromatic carbocycles. The largest absolute Gasteiger partial charge is 0.494 e. The van der Waals surface area contributed by atoms with Crippen LogP contribution in [0.2, 0.25) is 0 Å². The molecular weight excluding hydrogens is 296 g/mol. The fraction of sp³-hybridized carbons (Fsp3) is 0.438. The van der Waals surface area contributed by atoms with Crippen LogP contribution < -0.4 is 4.74 Å². The standard InChI is InChI=1S/C16H22N4O3/c1-13(21)19(2)10-16(22)14-4-6-15(7-5-14)23-9-3-8-20-12-17-11-18-20/h4-7,11-12,16,22H,3,8-10H2,1-2H3/t16-/m0/s1. The number of likely N-dealkylation sites (N-methyl/N-ethyl adjacent to an activating group) is 1. The number of ether oxygens (including phenoxy) is 1. The van der Waals surface area contributed by atoms with Crippen LogP contribution in [0.25, 0.3) is 0 Å². The molecule has 0 unspecified atom stereocenters. The maximum atomic E-state index is 11.2. The van der Waals surface area contributed by atoms with Crippen molar-refractivity contribution in [2.24, 2.45) is 0 Å². The minimum absolute atomic E-state index is 0.0728. The lowest BCUT2D eigenvalue weighted by atomic mass is 10.1. The number of amides is 1. The Balaban J connectivity index is 1.76. The lowest BCUT2D eigenvalue weighted by Crippen LogP contribution is -2.28. The number of carbonyl (C=O) groups excluding carboxylic acids is 1. The molecule has 1 N–H and O–H groups in total. The second-order valence-electron chi connectivity index (χ2n) is 5.34. The highest BCUT2D eigenvalue weighted by Gasteiger charge is 2.12. The van der Waals surface area contributed by atoms with Gasteiger partial charge in [0.1, 0.15) is 18.4 Å². The van der Waals surface area contributed by atoms with Crippen LogP contribution in [0.1, 0.15) is 25.0 Å². The number of aliphatic hydroxyl groups is 1. The average Bonchev–Trinajstić information content (AvgIpc) is 3.05. The highest BCUT2D eigenvalue weighted by Crippen LogP contribution is 2.18. The predicted octanol–water partition coefficient (Wildman–Crippen LogP) is 1.26. The molecule has 1 aromatic heterocycles. The molecule has 2 rings (SSSR count). The molecular formula is C16H22N4O3. The Morgan fingerprint density at radius 1 is 1.39 bits per heavy atom. The number of hydrogen-bond acceptors (Lipinski definition) is 5. The number of carbonyl (C=O) groups is 1. The molecule has 0 saturated carbocycles. The van der Waals surface area contributed by atoms with E-state index in [4.69, 9.17) is 4.74 Å². The maximum absolute atomic E-state index is 11.2. The van der Waals surface area contributed by atoms with Crippen molar-refractivity contribution in [3.63, 3.8) is 0 Å². The normalized spacial score (nSPS) is 12.0. The summed E-state index contributed by atoms with van der Waals surface area (Å²) in [5.74, 6) is 0.677. The molecule has 124 valence electrons. The minimum Gasteiger partial charge on any atom is -0.494 e. The SMILES string of the molecule is CC(=O)N(C)C[C@H](O)c1ccc(OCCCn2cncn2)cc1. The summed E-state index contributed by atoms with van der Waals surface area (Å²) < 4.78 is 7.41. The van der Waals surface area contributed by atoms with Gasteiger partial charge in [0.2, 0.25) is 5.91 Å². The van der Waals surface area contributed by atoms with Gasteiger partial charge in [0.15, 0.2) is 0 Å². The van der Waals surface area contributed by atoms with Gasteiger partial charge >= 0.3 is 0 Å². The van der Waals surface area contributed by atoms with Crippen molar-refractivity contribution in [1.29, 1.82) is 0 Å². The number of aromatic nitrogens is 3. The first-order valence-corrected chi connectivity index (χ1v) is 7.51. The molecule has 0 radical (unpaired) electrons. The van der Waals surface area contributed by atoms with Crippen molar-refractivity contribution in [3.05, 3.63) is 42.5 Å². The molecule has 0 aliphatic rings. The number of aliphatic hydroxyl groups excluding tert-OH is 1. The summed E-state index contributed by atoms with van der Waals surface area (Å²) in [6, 6.07) is 7.26. The van der Waals surface area contributed by atoms with Crippen molar-refractivity contribution < 1.29 is 14.6 Å². The van der Waals surface area contributed by atoms with Crippen molar-refractivity contribution in [1.82, 2.24) is 19.7 Å². The van der Waals surface area contributed by atoms with Crippen LogP contribution in [0.15, 0.2) is 36.9 Å². The molecule has 0 spiro atoms. The number of nitrogens with zero attached hydrogens (tertiary/aromatic N) is 4. The first-order valence-electron chi connectivity index (χ1n) is 7.51. The number of aryl methyl sites for hydroxylation is 1. The van der Waals surface area contributed by atoms with E-state index >= 15 is 0 Å². The van der Waals surface area contributed by atoms with Crippen molar-refractivity contribution in [3.8, 4) is 5.75 Å². The number of rotatable bonds is 8. The molecule has 7 nitrogen and oxygen atoms in total. The van der Waals surface area contributed by atoms with E-state index in [0.29, 0.717) is 6.61 Å². The van der Waals surface area contributed by atoms with Crippen LogP contribution in [0, 0.1) is 0 Å². The minimum atomic E-state index is -0.703. The van der Waals surface area contributed by atoms with Crippen molar-refractivity contribution in [2.75, 3.05) is 20.2 Å². The van der Waals surface area contributed by atoms with Crippen LogP contribution in [0.3, 0.4) is 0 Å². The molecule has 1 atom stereocenters.